The van der Waals surface area contributed by atoms with E-state index >= 15 is 0 Å². The maximum Gasteiger partial charge on any atom is 0.223 e. The molecule has 1 saturated heterocycles. The van der Waals surface area contributed by atoms with E-state index in [4.69, 9.17) is 4.74 Å². The van der Waals surface area contributed by atoms with Gasteiger partial charge >= 0.3 is 0 Å². The fourth-order valence-electron chi connectivity index (χ4n) is 3.20. The van der Waals surface area contributed by atoms with E-state index in [1.54, 1.807) is 13.3 Å². The number of pyridine rings is 1. The van der Waals surface area contributed by atoms with Gasteiger partial charge in [-0.15, -0.1) is 0 Å². The Morgan fingerprint density at radius 2 is 2.26 bits per heavy atom. The van der Waals surface area contributed by atoms with Gasteiger partial charge in [-0.1, -0.05) is 18.2 Å². The van der Waals surface area contributed by atoms with Gasteiger partial charge in [-0.05, 0) is 48.6 Å². The van der Waals surface area contributed by atoms with Gasteiger partial charge in [-0.25, -0.2) is 0 Å². The van der Waals surface area contributed by atoms with Crippen LogP contribution < -0.4 is 4.74 Å². The van der Waals surface area contributed by atoms with Gasteiger partial charge < -0.3 is 9.64 Å². The summed E-state index contributed by atoms with van der Waals surface area (Å²) in [4.78, 5) is 18.8. The van der Waals surface area contributed by atoms with E-state index in [2.05, 4.69) is 11.1 Å². The number of methoxy groups -OCH3 is 1. The van der Waals surface area contributed by atoms with E-state index in [-0.39, 0.29) is 11.9 Å². The van der Waals surface area contributed by atoms with Crippen molar-refractivity contribution < 1.29 is 9.53 Å². The highest BCUT2D eigenvalue weighted by molar-refractivity contribution is 5.77. The molecule has 0 N–H and O–H groups in total. The molecule has 0 unspecified atom stereocenters. The van der Waals surface area contributed by atoms with Gasteiger partial charge in [-0.3, -0.25) is 9.78 Å². The second-order valence-electron chi connectivity index (χ2n) is 5.88. The molecule has 0 spiro atoms. The highest BCUT2D eigenvalue weighted by Crippen LogP contribution is 2.33. The van der Waals surface area contributed by atoms with Crippen LogP contribution in [0.5, 0.6) is 5.75 Å². The van der Waals surface area contributed by atoms with Crippen LogP contribution in [0.25, 0.3) is 0 Å². The summed E-state index contributed by atoms with van der Waals surface area (Å²) in [6.07, 6.45) is 6.94. The summed E-state index contributed by atoms with van der Waals surface area (Å²) in [5, 5.41) is 0. The third-order valence-electron chi connectivity index (χ3n) is 4.40. The van der Waals surface area contributed by atoms with E-state index in [9.17, 15) is 4.79 Å². The minimum absolute atomic E-state index is 0.173. The van der Waals surface area contributed by atoms with Gasteiger partial charge in [0, 0.05) is 25.4 Å². The quantitative estimate of drug-likeness (QED) is 0.850. The molecule has 0 aliphatic carbocycles. The lowest BCUT2D eigenvalue weighted by Crippen LogP contribution is -2.30. The SMILES string of the molecule is COc1cccc([C@H]2CCCN2C(=O)CCc2cccnc2)c1. The lowest BCUT2D eigenvalue weighted by molar-refractivity contribution is -0.132. The molecule has 1 atom stereocenters. The molecule has 1 aliphatic heterocycles. The van der Waals surface area contributed by atoms with E-state index in [1.807, 2.05) is 41.4 Å². The number of nitrogens with zero attached hydrogens (tertiary/aromatic N) is 2. The van der Waals surface area contributed by atoms with Crippen molar-refractivity contribution in [3.63, 3.8) is 0 Å². The molecular formula is C19H22N2O2. The van der Waals surface area contributed by atoms with Crippen molar-refractivity contribution in [2.45, 2.75) is 31.7 Å². The predicted octanol–water partition coefficient (Wildman–Crippen LogP) is 3.39. The minimum Gasteiger partial charge on any atom is -0.497 e. The predicted molar refractivity (Wildman–Crippen MR) is 89.2 cm³/mol. The van der Waals surface area contributed by atoms with Gasteiger partial charge in [-0.2, -0.15) is 0 Å². The zero-order valence-electron chi connectivity index (χ0n) is 13.4. The molecule has 1 aromatic carbocycles. The Bertz CT molecular complexity index is 657. The number of likely N-dealkylation sites (tertiary alicyclic amines) is 1. The Kier molecular flexibility index (Phi) is 4.91. The van der Waals surface area contributed by atoms with Crippen molar-refractivity contribution in [2.24, 2.45) is 0 Å². The number of ether oxygens (including phenoxy) is 1. The van der Waals surface area contributed by atoms with Gasteiger partial charge in [0.05, 0.1) is 13.2 Å². The number of rotatable bonds is 5. The van der Waals surface area contributed by atoms with Crippen LogP contribution in [0.15, 0.2) is 48.8 Å². The van der Waals surface area contributed by atoms with Crippen molar-refractivity contribution in [1.82, 2.24) is 9.88 Å². The van der Waals surface area contributed by atoms with Crippen LogP contribution in [0.1, 0.15) is 36.4 Å². The van der Waals surface area contributed by atoms with Crippen molar-refractivity contribution in [2.75, 3.05) is 13.7 Å². The Hall–Kier alpha value is -2.36. The molecule has 4 heteroatoms. The lowest BCUT2D eigenvalue weighted by Gasteiger charge is -2.25. The fraction of sp³-hybridized carbons (Fsp3) is 0.368. The summed E-state index contributed by atoms with van der Waals surface area (Å²) in [5.41, 5.74) is 2.27. The first-order chi connectivity index (χ1) is 11.3. The van der Waals surface area contributed by atoms with Crippen molar-refractivity contribution in [1.29, 1.82) is 0 Å². The van der Waals surface area contributed by atoms with E-state index in [0.717, 1.165) is 42.7 Å². The molecule has 0 radical (unpaired) electrons. The zero-order valence-corrected chi connectivity index (χ0v) is 13.4. The summed E-state index contributed by atoms with van der Waals surface area (Å²) in [6.45, 7) is 0.841. The molecule has 120 valence electrons. The second kappa shape index (κ2) is 7.27. The van der Waals surface area contributed by atoms with E-state index in [1.165, 1.54) is 0 Å². The van der Waals surface area contributed by atoms with Gasteiger partial charge in [0.1, 0.15) is 5.75 Å². The Morgan fingerprint density at radius 3 is 3.04 bits per heavy atom. The maximum absolute atomic E-state index is 12.6. The Morgan fingerprint density at radius 1 is 1.35 bits per heavy atom. The van der Waals surface area contributed by atoms with Crippen molar-refractivity contribution in [3.8, 4) is 5.75 Å². The first kappa shape index (κ1) is 15.5. The number of hydrogen-bond donors (Lipinski definition) is 0. The number of hydrogen-bond acceptors (Lipinski definition) is 3. The average molecular weight is 310 g/mol. The van der Waals surface area contributed by atoms with E-state index in [0.29, 0.717) is 6.42 Å². The first-order valence-corrected chi connectivity index (χ1v) is 8.10. The first-order valence-electron chi connectivity index (χ1n) is 8.10. The lowest BCUT2D eigenvalue weighted by atomic mass is 10.0. The number of aryl methyl sites for hydroxylation is 1. The fourth-order valence-corrected chi connectivity index (χ4v) is 3.20. The minimum atomic E-state index is 0.173. The second-order valence-corrected chi connectivity index (χ2v) is 5.88. The smallest absolute Gasteiger partial charge is 0.223 e. The topological polar surface area (TPSA) is 42.4 Å². The average Bonchev–Trinajstić information content (AvgIpc) is 3.10. The number of carbonyl (C=O) groups is 1. The van der Waals surface area contributed by atoms with Crippen LogP contribution in [-0.4, -0.2) is 29.4 Å². The molecule has 2 heterocycles. The van der Waals surface area contributed by atoms with Crippen LogP contribution >= 0.6 is 0 Å². The van der Waals surface area contributed by atoms with Gasteiger partial charge in [0.15, 0.2) is 0 Å². The molecule has 1 amide bonds. The third kappa shape index (κ3) is 3.70. The Balaban J connectivity index is 1.67. The highest BCUT2D eigenvalue weighted by atomic mass is 16.5. The van der Waals surface area contributed by atoms with Crippen LogP contribution in [0, 0.1) is 0 Å². The van der Waals surface area contributed by atoms with Crippen LogP contribution in [0.2, 0.25) is 0 Å². The highest BCUT2D eigenvalue weighted by Gasteiger charge is 2.29. The molecule has 1 aromatic heterocycles. The number of carbonyl (C=O) groups excluding carboxylic acids is 1. The third-order valence-corrected chi connectivity index (χ3v) is 4.40. The van der Waals surface area contributed by atoms with Crippen molar-refractivity contribution in [3.05, 3.63) is 59.9 Å². The number of benzene rings is 1. The molecule has 1 fully saturated rings. The molecule has 0 saturated carbocycles. The van der Waals surface area contributed by atoms with Gasteiger partial charge in [0.25, 0.3) is 0 Å². The van der Waals surface area contributed by atoms with E-state index < -0.39 is 0 Å². The maximum atomic E-state index is 12.6. The molecule has 23 heavy (non-hydrogen) atoms. The number of amides is 1. The van der Waals surface area contributed by atoms with Gasteiger partial charge in [0.2, 0.25) is 5.91 Å². The molecule has 3 rings (SSSR count). The van der Waals surface area contributed by atoms with Crippen molar-refractivity contribution >= 4 is 5.91 Å². The summed E-state index contributed by atoms with van der Waals surface area (Å²) >= 11 is 0. The number of aromatic nitrogens is 1. The summed E-state index contributed by atoms with van der Waals surface area (Å²) in [5.74, 6) is 1.07. The molecule has 0 bridgehead atoms. The normalized spacial score (nSPS) is 17.3. The Labute approximate surface area is 137 Å². The zero-order chi connectivity index (χ0) is 16.1. The van der Waals surface area contributed by atoms with Crippen LogP contribution in [0.3, 0.4) is 0 Å². The summed E-state index contributed by atoms with van der Waals surface area (Å²) < 4.78 is 5.31. The molecule has 1 aliphatic rings. The molecule has 2 aromatic rings. The van der Waals surface area contributed by atoms with Crippen LogP contribution in [-0.2, 0) is 11.2 Å². The largest absolute Gasteiger partial charge is 0.497 e. The summed E-state index contributed by atoms with van der Waals surface area (Å²) in [6, 6.07) is 12.2. The molecular weight excluding hydrogens is 288 g/mol. The standard InChI is InChI=1S/C19H22N2O2/c1-23-17-7-2-6-16(13-17)18-8-4-12-21(18)19(22)10-9-15-5-3-11-20-14-15/h2-3,5-7,11,13-14,18H,4,8-10,12H2,1H3/t18-/m1/s1. The summed E-state index contributed by atoms with van der Waals surface area (Å²) in [7, 11) is 1.67. The van der Waals surface area contributed by atoms with Crippen LogP contribution in [0.4, 0.5) is 0 Å². The monoisotopic (exact) mass is 310 g/mol. The molecule has 4 nitrogen and oxygen atoms in total.